The summed E-state index contributed by atoms with van der Waals surface area (Å²) < 4.78 is 10.9. The summed E-state index contributed by atoms with van der Waals surface area (Å²) in [6.45, 7) is 3.51. The van der Waals surface area contributed by atoms with Gasteiger partial charge in [-0.15, -0.1) is 0 Å². The van der Waals surface area contributed by atoms with Crippen LogP contribution in [0.4, 0.5) is 17.2 Å². The quantitative estimate of drug-likeness (QED) is 0.185. The molecule has 0 unspecified atom stereocenters. The molecular formula is C30H23Cl2N5O3. The van der Waals surface area contributed by atoms with Crippen molar-refractivity contribution < 1.29 is 14.3 Å². The van der Waals surface area contributed by atoms with Gasteiger partial charge in [-0.25, -0.2) is 9.97 Å². The highest BCUT2D eigenvalue weighted by Gasteiger charge is 2.22. The van der Waals surface area contributed by atoms with Gasteiger partial charge in [-0.1, -0.05) is 41.9 Å². The van der Waals surface area contributed by atoms with Gasteiger partial charge in [0, 0.05) is 46.6 Å². The molecule has 2 N–H and O–H groups in total. The highest BCUT2D eigenvalue weighted by atomic mass is 35.5. The van der Waals surface area contributed by atoms with Gasteiger partial charge in [0.15, 0.2) is 0 Å². The lowest BCUT2D eigenvalue weighted by atomic mass is 10.0. The van der Waals surface area contributed by atoms with Gasteiger partial charge in [0.05, 0.1) is 47.0 Å². The van der Waals surface area contributed by atoms with Crippen LogP contribution in [0.15, 0.2) is 85.8 Å². The Balaban J connectivity index is 1.68. The first kappa shape index (κ1) is 26.9. The topological polar surface area (TPSA) is 98.3 Å². The van der Waals surface area contributed by atoms with E-state index in [1.54, 1.807) is 30.7 Å². The van der Waals surface area contributed by atoms with Gasteiger partial charge in [0.1, 0.15) is 17.3 Å². The van der Waals surface area contributed by atoms with Gasteiger partial charge in [0.25, 0.3) is 0 Å². The summed E-state index contributed by atoms with van der Waals surface area (Å²) in [5.74, 6) is 1.04. The fourth-order valence-corrected chi connectivity index (χ4v) is 4.89. The van der Waals surface area contributed by atoms with Crippen molar-refractivity contribution in [1.29, 1.82) is 0 Å². The lowest BCUT2D eigenvalue weighted by Crippen LogP contribution is -2.09. The summed E-state index contributed by atoms with van der Waals surface area (Å²) in [7, 11) is 3.04. The van der Waals surface area contributed by atoms with Crippen LogP contribution in [-0.4, -0.2) is 35.1 Å². The van der Waals surface area contributed by atoms with Crippen molar-refractivity contribution in [3.8, 4) is 34.0 Å². The monoisotopic (exact) mass is 571 g/mol. The molecule has 0 saturated heterocycles. The van der Waals surface area contributed by atoms with E-state index in [0.29, 0.717) is 55.7 Å². The van der Waals surface area contributed by atoms with E-state index in [2.05, 4.69) is 27.2 Å². The van der Waals surface area contributed by atoms with E-state index in [1.807, 2.05) is 42.5 Å². The SMILES string of the molecule is C=CC(=O)Nc1ccccc1Nc1cc2c(-c3cccnc3)nc(-c3c(Cl)c(OC)cc(OC)c3Cl)cc2cn1. The minimum absolute atomic E-state index is 0.307. The Morgan fingerprint density at radius 1 is 0.950 bits per heavy atom. The summed E-state index contributed by atoms with van der Waals surface area (Å²) in [4.78, 5) is 25.8. The summed E-state index contributed by atoms with van der Waals surface area (Å²) in [5.41, 5.74) is 3.67. The zero-order chi connectivity index (χ0) is 28.2. The molecule has 0 aliphatic carbocycles. The summed E-state index contributed by atoms with van der Waals surface area (Å²) in [5, 5.41) is 8.30. The van der Waals surface area contributed by atoms with Crippen LogP contribution in [0.5, 0.6) is 11.5 Å². The van der Waals surface area contributed by atoms with Gasteiger partial charge in [-0.2, -0.15) is 0 Å². The van der Waals surface area contributed by atoms with E-state index in [-0.39, 0.29) is 5.91 Å². The number of nitrogens with one attached hydrogen (secondary N) is 2. The highest BCUT2D eigenvalue weighted by Crippen LogP contribution is 2.46. The third-order valence-corrected chi connectivity index (χ3v) is 6.86. The second-order valence-electron chi connectivity index (χ2n) is 8.54. The molecule has 1 amide bonds. The van der Waals surface area contributed by atoms with E-state index in [9.17, 15) is 4.79 Å². The Bertz CT molecular complexity index is 1720. The second-order valence-corrected chi connectivity index (χ2v) is 9.29. The predicted molar refractivity (Wildman–Crippen MR) is 160 cm³/mol. The van der Waals surface area contributed by atoms with Crippen molar-refractivity contribution in [3.63, 3.8) is 0 Å². The van der Waals surface area contributed by atoms with Gasteiger partial charge in [0.2, 0.25) is 5.91 Å². The molecule has 0 aliphatic heterocycles. The molecule has 5 aromatic rings. The molecule has 5 rings (SSSR count). The van der Waals surface area contributed by atoms with E-state index in [0.717, 1.165) is 16.3 Å². The molecule has 0 fully saturated rings. The number of fused-ring (bicyclic) bond motifs is 1. The fraction of sp³-hybridized carbons (Fsp3) is 0.0667. The number of methoxy groups -OCH3 is 2. The minimum Gasteiger partial charge on any atom is -0.495 e. The molecule has 0 saturated carbocycles. The molecule has 0 aliphatic rings. The van der Waals surface area contributed by atoms with Gasteiger partial charge in [-0.3, -0.25) is 9.78 Å². The lowest BCUT2D eigenvalue weighted by molar-refractivity contribution is -0.111. The Morgan fingerprint density at radius 2 is 1.68 bits per heavy atom. The number of anilines is 3. The molecule has 0 bridgehead atoms. The molecule has 3 aromatic heterocycles. The number of hydrogen-bond acceptors (Lipinski definition) is 7. The molecular weight excluding hydrogens is 549 g/mol. The Hall–Kier alpha value is -4.66. The van der Waals surface area contributed by atoms with Crippen molar-refractivity contribution in [2.75, 3.05) is 24.9 Å². The minimum atomic E-state index is -0.317. The largest absolute Gasteiger partial charge is 0.495 e. The van der Waals surface area contributed by atoms with Crippen LogP contribution in [0.3, 0.4) is 0 Å². The number of carbonyl (C=O) groups excluding carboxylic acids is 1. The third kappa shape index (κ3) is 5.27. The zero-order valence-electron chi connectivity index (χ0n) is 21.5. The van der Waals surface area contributed by atoms with Gasteiger partial charge >= 0.3 is 0 Å². The number of para-hydroxylation sites is 2. The van der Waals surface area contributed by atoms with Crippen LogP contribution in [0.1, 0.15) is 0 Å². The first-order valence-electron chi connectivity index (χ1n) is 12.0. The molecule has 40 heavy (non-hydrogen) atoms. The average molecular weight is 572 g/mol. The average Bonchev–Trinajstić information content (AvgIpc) is 2.98. The summed E-state index contributed by atoms with van der Waals surface area (Å²) in [6.07, 6.45) is 6.37. The van der Waals surface area contributed by atoms with E-state index < -0.39 is 0 Å². The molecule has 0 spiro atoms. The maximum Gasteiger partial charge on any atom is 0.247 e. The van der Waals surface area contributed by atoms with Crippen molar-refractivity contribution in [3.05, 3.63) is 95.9 Å². The highest BCUT2D eigenvalue weighted by molar-refractivity contribution is 6.41. The van der Waals surface area contributed by atoms with Crippen LogP contribution in [-0.2, 0) is 4.79 Å². The number of rotatable bonds is 8. The maximum absolute atomic E-state index is 11.9. The smallest absolute Gasteiger partial charge is 0.247 e. The first-order valence-corrected chi connectivity index (χ1v) is 12.8. The van der Waals surface area contributed by atoms with Crippen molar-refractivity contribution in [2.45, 2.75) is 0 Å². The Morgan fingerprint density at radius 3 is 2.33 bits per heavy atom. The van der Waals surface area contributed by atoms with Crippen LogP contribution in [0, 0.1) is 0 Å². The molecule has 3 heterocycles. The second kappa shape index (κ2) is 11.6. The Kier molecular flexibility index (Phi) is 7.82. The van der Waals surface area contributed by atoms with Crippen molar-refractivity contribution >= 4 is 57.1 Å². The van der Waals surface area contributed by atoms with E-state index in [1.165, 1.54) is 20.3 Å². The van der Waals surface area contributed by atoms with E-state index >= 15 is 0 Å². The fourth-order valence-electron chi connectivity index (χ4n) is 4.20. The molecule has 10 heteroatoms. The van der Waals surface area contributed by atoms with Gasteiger partial charge in [-0.05, 0) is 42.5 Å². The standard InChI is InChI=1S/C30H23Cl2N5O3/c1-4-26(38)36-21-10-6-5-9-20(21)35-25-13-19-18(16-34-25)12-22(37-30(19)17-8-7-11-33-15-17)27-28(31)23(39-2)14-24(40-3)29(27)32/h4-16H,1H2,2-3H3,(H,34,35)(H,36,38). The number of benzene rings is 2. The number of halogens is 2. The maximum atomic E-state index is 11.9. The third-order valence-electron chi connectivity index (χ3n) is 6.11. The van der Waals surface area contributed by atoms with E-state index in [4.69, 9.17) is 37.7 Å². The molecule has 0 atom stereocenters. The van der Waals surface area contributed by atoms with Crippen LogP contribution < -0.4 is 20.1 Å². The number of carbonyl (C=O) groups is 1. The zero-order valence-corrected chi connectivity index (χ0v) is 23.0. The molecule has 200 valence electrons. The number of nitrogens with zero attached hydrogens (tertiary/aromatic N) is 3. The first-order chi connectivity index (χ1) is 19.4. The lowest BCUT2D eigenvalue weighted by Gasteiger charge is -2.17. The molecule has 8 nitrogen and oxygen atoms in total. The number of pyridine rings is 3. The van der Waals surface area contributed by atoms with Crippen LogP contribution in [0.25, 0.3) is 33.3 Å². The number of aromatic nitrogens is 3. The number of ether oxygens (including phenoxy) is 2. The summed E-state index contributed by atoms with van der Waals surface area (Å²) >= 11 is 13.4. The van der Waals surface area contributed by atoms with Crippen LogP contribution >= 0.6 is 23.2 Å². The van der Waals surface area contributed by atoms with Crippen molar-refractivity contribution in [1.82, 2.24) is 15.0 Å². The normalized spacial score (nSPS) is 10.7. The van der Waals surface area contributed by atoms with Crippen molar-refractivity contribution in [2.24, 2.45) is 0 Å². The van der Waals surface area contributed by atoms with Crippen LogP contribution in [0.2, 0.25) is 10.0 Å². The number of amides is 1. The molecule has 2 aromatic carbocycles. The Labute approximate surface area is 240 Å². The number of hydrogen-bond donors (Lipinski definition) is 2. The van der Waals surface area contributed by atoms with Gasteiger partial charge < -0.3 is 20.1 Å². The summed E-state index contributed by atoms with van der Waals surface area (Å²) in [6, 6.07) is 16.4. The predicted octanol–water partition coefficient (Wildman–Crippen LogP) is 7.55. The molecule has 0 radical (unpaired) electrons.